The third kappa shape index (κ3) is 3.81. The molecule has 26 heavy (non-hydrogen) atoms. The number of rotatable bonds is 5. The summed E-state index contributed by atoms with van der Waals surface area (Å²) in [6, 6.07) is 17.8. The number of aryl methyl sites for hydroxylation is 2. The molecule has 0 aliphatic carbocycles. The number of hydrogen-bond acceptors (Lipinski definition) is 4. The van der Waals surface area contributed by atoms with Crippen molar-refractivity contribution in [2.24, 2.45) is 0 Å². The fourth-order valence-electron chi connectivity index (χ4n) is 2.62. The summed E-state index contributed by atoms with van der Waals surface area (Å²) in [6.07, 6.45) is 1.90. The quantitative estimate of drug-likeness (QED) is 0.643. The van der Waals surface area contributed by atoms with Gasteiger partial charge in [0.1, 0.15) is 9.88 Å². The van der Waals surface area contributed by atoms with Crippen LogP contribution in [-0.4, -0.2) is 17.4 Å². The van der Waals surface area contributed by atoms with Gasteiger partial charge in [-0.2, -0.15) is 5.26 Å². The largest absolute Gasteiger partial charge is 0.307 e. The first-order valence-electron chi connectivity index (χ1n) is 8.37. The molecule has 3 aromatic rings. The number of anilines is 1. The zero-order chi connectivity index (χ0) is 18.5. The predicted octanol–water partition coefficient (Wildman–Crippen LogP) is 4.99. The lowest BCUT2D eigenvalue weighted by molar-refractivity contribution is 0.0991. The molecule has 1 aromatic heterocycles. The molecule has 0 saturated carbocycles. The Morgan fingerprint density at radius 2 is 1.92 bits per heavy atom. The number of carbonyl (C=O) groups excluding carboxylic acids is 1. The first-order chi connectivity index (χ1) is 12.6. The molecule has 0 N–H and O–H groups in total. The average Bonchev–Trinajstić information content (AvgIpc) is 3.15. The van der Waals surface area contributed by atoms with Gasteiger partial charge in [0.15, 0.2) is 0 Å². The smallest absolute Gasteiger partial charge is 0.270 e. The molecule has 0 spiro atoms. The van der Waals surface area contributed by atoms with Gasteiger partial charge in [-0.25, -0.2) is 4.98 Å². The fourth-order valence-corrected chi connectivity index (χ4v) is 3.49. The van der Waals surface area contributed by atoms with E-state index in [1.54, 1.807) is 11.1 Å². The standard InChI is InChI=1S/C21H19N3OS/c1-15-9-10-18(13-16(15)2)24(12-6-11-22)21(25)19-14-23-20(26-19)17-7-4-3-5-8-17/h3-5,7-10,13-14H,6,12H2,1-2H3. The van der Waals surface area contributed by atoms with Crippen LogP contribution in [0.2, 0.25) is 0 Å². The highest BCUT2D eigenvalue weighted by Gasteiger charge is 2.20. The average molecular weight is 361 g/mol. The lowest BCUT2D eigenvalue weighted by atomic mass is 10.1. The van der Waals surface area contributed by atoms with Gasteiger partial charge < -0.3 is 4.90 Å². The van der Waals surface area contributed by atoms with E-state index in [1.165, 1.54) is 16.9 Å². The second-order valence-electron chi connectivity index (χ2n) is 6.03. The van der Waals surface area contributed by atoms with E-state index in [2.05, 4.69) is 11.1 Å². The number of nitriles is 1. The zero-order valence-electron chi connectivity index (χ0n) is 14.8. The molecular formula is C21H19N3OS. The highest BCUT2D eigenvalue weighted by molar-refractivity contribution is 7.17. The lowest BCUT2D eigenvalue weighted by Crippen LogP contribution is -2.31. The van der Waals surface area contributed by atoms with Crippen LogP contribution in [0.1, 0.15) is 27.2 Å². The molecule has 0 fully saturated rings. The van der Waals surface area contributed by atoms with Crippen molar-refractivity contribution < 1.29 is 4.79 Å². The fraction of sp³-hybridized carbons (Fsp3) is 0.190. The van der Waals surface area contributed by atoms with Crippen LogP contribution in [-0.2, 0) is 0 Å². The van der Waals surface area contributed by atoms with E-state index in [-0.39, 0.29) is 12.3 Å². The van der Waals surface area contributed by atoms with Crippen LogP contribution in [0.25, 0.3) is 10.6 Å². The molecule has 3 rings (SSSR count). The van der Waals surface area contributed by atoms with Gasteiger partial charge in [-0.05, 0) is 37.1 Å². The summed E-state index contributed by atoms with van der Waals surface area (Å²) >= 11 is 1.37. The molecule has 4 nitrogen and oxygen atoms in total. The number of nitrogens with zero attached hydrogens (tertiary/aromatic N) is 3. The van der Waals surface area contributed by atoms with Gasteiger partial charge in [-0.3, -0.25) is 4.79 Å². The summed E-state index contributed by atoms with van der Waals surface area (Å²) in [5, 5.41) is 9.78. The minimum absolute atomic E-state index is 0.122. The Hall–Kier alpha value is -2.97. The number of aromatic nitrogens is 1. The summed E-state index contributed by atoms with van der Waals surface area (Å²) < 4.78 is 0. The van der Waals surface area contributed by atoms with Crippen molar-refractivity contribution in [1.29, 1.82) is 5.26 Å². The van der Waals surface area contributed by atoms with Crippen LogP contribution >= 0.6 is 11.3 Å². The van der Waals surface area contributed by atoms with Crippen LogP contribution in [0.4, 0.5) is 5.69 Å². The molecule has 5 heteroatoms. The van der Waals surface area contributed by atoms with E-state index in [0.717, 1.165) is 21.8 Å². The van der Waals surface area contributed by atoms with E-state index in [9.17, 15) is 4.79 Å². The maximum atomic E-state index is 13.1. The minimum Gasteiger partial charge on any atom is -0.307 e. The van der Waals surface area contributed by atoms with Crippen LogP contribution in [0.3, 0.4) is 0 Å². The monoisotopic (exact) mass is 361 g/mol. The molecule has 0 saturated heterocycles. The minimum atomic E-state index is -0.122. The molecule has 1 heterocycles. The van der Waals surface area contributed by atoms with E-state index >= 15 is 0 Å². The second-order valence-corrected chi connectivity index (χ2v) is 7.06. The van der Waals surface area contributed by atoms with E-state index in [4.69, 9.17) is 5.26 Å². The number of carbonyl (C=O) groups is 1. The highest BCUT2D eigenvalue weighted by Crippen LogP contribution is 2.28. The predicted molar refractivity (Wildman–Crippen MR) is 105 cm³/mol. The maximum Gasteiger partial charge on any atom is 0.270 e. The molecule has 0 radical (unpaired) electrons. The number of hydrogen-bond donors (Lipinski definition) is 0. The molecule has 0 unspecified atom stereocenters. The summed E-state index contributed by atoms with van der Waals surface area (Å²) in [6.45, 7) is 4.41. The van der Waals surface area contributed by atoms with Crippen molar-refractivity contribution in [3.05, 3.63) is 70.7 Å². The van der Waals surface area contributed by atoms with E-state index < -0.39 is 0 Å². The summed E-state index contributed by atoms with van der Waals surface area (Å²) in [4.78, 5) is 19.7. The van der Waals surface area contributed by atoms with Crippen molar-refractivity contribution in [2.75, 3.05) is 11.4 Å². The Morgan fingerprint density at radius 3 is 2.62 bits per heavy atom. The van der Waals surface area contributed by atoms with Crippen LogP contribution < -0.4 is 4.90 Å². The van der Waals surface area contributed by atoms with Crippen molar-refractivity contribution in [1.82, 2.24) is 4.98 Å². The van der Waals surface area contributed by atoms with Crippen LogP contribution in [0.15, 0.2) is 54.7 Å². The molecule has 1 amide bonds. The number of benzene rings is 2. The second kappa shape index (κ2) is 7.94. The van der Waals surface area contributed by atoms with Crippen LogP contribution in [0, 0.1) is 25.2 Å². The third-order valence-electron chi connectivity index (χ3n) is 4.23. The molecule has 2 aromatic carbocycles. The topological polar surface area (TPSA) is 57.0 Å². The van der Waals surface area contributed by atoms with Gasteiger partial charge in [0, 0.05) is 17.8 Å². The SMILES string of the molecule is Cc1ccc(N(CCC#N)C(=O)c2cnc(-c3ccccc3)s2)cc1C. The number of thiazole rings is 1. The Kier molecular flexibility index (Phi) is 5.45. The van der Waals surface area contributed by atoms with Gasteiger partial charge in [0.05, 0.1) is 18.7 Å². The Labute approximate surface area is 157 Å². The summed E-state index contributed by atoms with van der Waals surface area (Å²) in [5.74, 6) is -0.122. The first-order valence-corrected chi connectivity index (χ1v) is 9.19. The van der Waals surface area contributed by atoms with Crippen molar-refractivity contribution in [3.8, 4) is 16.6 Å². The highest BCUT2D eigenvalue weighted by atomic mass is 32.1. The first kappa shape index (κ1) is 17.8. The summed E-state index contributed by atoms with van der Waals surface area (Å²) in [5.41, 5.74) is 4.09. The molecular weight excluding hydrogens is 342 g/mol. The van der Waals surface area contributed by atoms with E-state index in [0.29, 0.717) is 11.4 Å². The molecule has 0 bridgehead atoms. The molecule has 0 aliphatic rings. The summed E-state index contributed by atoms with van der Waals surface area (Å²) in [7, 11) is 0. The number of amides is 1. The normalized spacial score (nSPS) is 10.3. The van der Waals surface area contributed by atoms with Gasteiger partial charge in [-0.15, -0.1) is 11.3 Å². The van der Waals surface area contributed by atoms with Gasteiger partial charge in [-0.1, -0.05) is 36.4 Å². The Morgan fingerprint density at radius 1 is 1.15 bits per heavy atom. The molecule has 130 valence electrons. The van der Waals surface area contributed by atoms with E-state index in [1.807, 2.05) is 62.4 Å². The molecule has 0 aliphatic heterocycles. The third-order valence-corrected chi connectivity index (χ3v) is 5.27. The lowest BCUT2D eigenvalue weighted by Gasteiger charge is -2.22. The zero-order valence-corrected chi connectivity index (χ0v) is 15.6. The van der Waals surface area contributed by atoms with Crippen molar-refractivity contribution in [2.45, 2.75) is 20.3 Å². The van der Waals surface area contributed by atoms with Gasteiger partial charge >= 0.3 is 0 Å². The van der Waals surface area contributed by atoms with Gasteiger partial charge in [0.2, 0.25) is 0 Å². The Balaban J connectivity index is 1.92. The van der Waals surface area contributed by atoms with Gasteiger partial charge in [0.25, 0.3) is 5.91 Å². The van der Waals surface area contributed by atoms with Crippen molar-refractivity contribution in [3.63, 3.8) is 0 Å². The maximum absolute atomic E-state index is 13.1. The van der Waals surface area contributed by atoms with Crippen LogP contribution in [0.5, 0.6) is 0 Å². The van der Waals surface area contributed by atoms with Crippen molar-refractivity contribution >= 4 is 22.9 Å². The molecule has 0 atom stereocenters. The Bertz CT molecular complexity index is 957.